The predicted octanol–water partition coefficient (Wildman–Crippen LogP) is 1.62. The second kappa shape index (κ2) is 5.38. The van der Waals surface area contributed by atoms with Gasteiger partial charge >= 0.3 is 0 Å². The minimum absolute atomic E-state index is 0.283. The molecule has 0 unspecified atom stereocenters. The summed E-state index contributed by atoms with van der Waals surface area (Å²) in [7, 11) is 0. The summed E-state index contributed by atoms with van der Waals surface area (Å²) in [5, 5.41) is 3.18. The normalized spacial score (nSPS) is 18.2. The maximum Gasteiger partial charge on any atom is 0.231 e. The summed E-state index contributed by atoms with van der Waals surface area (Å²) in [6, 6.07) is 5.82. The van der Waals surface area contributed by atoms with Crippen LogP contribution in [-0.2, 0) is 6.54 Å². The van der Waals surface area contributed by atoms with Crippen LogP contribution in [0.4, 0.5) is 0 Å². The number of nitrogens with one attached hydrogen (secondary N) is 1. The molecule has 3 N–H and O–H groups in total. The molecule has 1 heterocycles. The summed E-state index contributed by atoms with van der Waals surface area (Å²) in [6.45, 7) is 1.73. The fraction of sp³-hybridized carbons (Fsp3) is 0.500. The summed E-state index contributed by atoms with van der Waals surface area (Å²) in [4.78, 5) is 4.35. The molecular weight excluding hydrogens is 242 g/mol. The number of fused-ring (bicyclic) bond motifs is 1. The number of ether oxygens (including phenoxy) is 2. The third-order valence-electron chi connectivity index (χ3n) is 3.69. The van der Waals surface area contributed by atoms with Crippen molar-refractivity contribution in [1.82, 2.24) is 5.32 Å². The summed E-state index contributed by atoms with van der Waals surface area (Å²) < 4.78 is 10.8. The molecule has 1 aromatic rings. The molecule has 5 heteroatoms. The highest BCUT2D eigenvalue weighted by Gasteiger charge is 2.18. The Morgan fingerprint density at radius 2 is 2.26 bits per heavy atom. The van der Waals surface area contributed by atoms with Crippen LogP contribution < -0.4 is 20.5 Å². The van der Waals surface area contributed by atoms with E-state index in [1.165, 1.54) is 19.3 Å². The van der Waals surface area contributed by atoms with Gasteiger partial charge in [0.05, 0.1) is 6.54 Å². The van der Waals surface area contributed by atoms with Gasteiger partial charge < -0.3 is 20.5 Å². The number of aliphatic imine (C=N–C) groups is 1. The molecule has 1 saturated carbocycles. The van der Waals surface area contributed by atoms with E-state index in [0.717, 1.165) is 29.5 Å². The van der Waals surface area contributed by atoms with Crippen molar-refractivity contribution in [2.75, 3.05) is 13.3 Å². The molecule has 3 rings (SSSR count). The number of nitrogens with two attached hydrogens (primary N) is 1. The van der Waals surface area contributed by atoms with Crippen LogP contribution >= 0.6 is 0 Å². The van der Waals surface area contributed by atoms with E-state index in [1.54, 1.807) is 0 Å². The molecule has 0 radical (unpaired) electrons. The Hall–Kier alpha value is -1.91. The van der Waals surface area contributed by atoms with E-state index in [-0.39, 0.29) is 6.79 Å². The van der Waals surface area contributed by atoms with Gasteiger partial charge in [-0.3, -0.25) is 0 Å². The number of guanidine groups is 1. The number of nitrogens with zero attached hydrogens (tertiary/aromatic N) is 1. The number of hydrogen-bond acceptors (Lipinski definition) is 3. The third-order valence-corrected chi connectivity index (χ3v) is 3.69. The smallest absolute Gasteiger partial charge is 0.231 e. The van der Waals surface area contributed by atoms with Gasteiger partial charge in [0.2, 0.25) is 6.79 Å². The Morgan fingerprint density at radius 3 is 3.05 bits per heavy atom. The fourth-order valence-electron chi connectivity index (χ4n) is 2.29. The van der Waals surface area contributed by atoms with Crippen molar-refractivity contribution in [3.05, 3.63) is 23.8 Å². The lowest BCUT2D eigenvalue weighted by molar-refractivity contribution is 0.173. The van der Waals surface area contributed by atoms with Gasteiger partial charge in [-0.15, -0.1) is 0 Å². The zero-order chi connectivity index (χ0) is 13.1. The van der Waals surface area contributed by atoms with Crippen molar-refractivity contribution in [3.8, 4) is 11.5 Å². The van der Waals surface area contributed by atoms with Crippen LogP contribution in [0.1, 0.15) is 24.8 Å². The summed E-state index contributed by atoms with van der Waals surface area (Å²) in [6.07, 6.45) is 3.95. The van der Waals surface area contributed by atoms with E-state index < -0.39 is 0 Å². The largest absolute Gasteiger partial charge is 0.454 e. The lowest BCUT2D eigenvalue weighted by Gasteiger charge is -2.25. The first kappa shape index (κ1) is 12.1. The molecule has 1 aliphatic carbocycles. The van der Waals surface area contributed by atoms with Crippen molar-refractivity contribution in [2.45, 2.75) is 25.8 Å². The van der Waals surface area contributed by atoms with Gasteiger partial charge in [-0.05, 0) is 24.8 Å². The molecule has 1 fully saturated rings. The second-order valence-electron chi connectivity index (χ2n) is 5.03. The van der Waals surface area contributed by atoms with Crippen LogP contribution in [-0.4, -0.2) is 19.3 Å². The van der Waals surface area contributed by atoms with Gasteiger partial charge in [0, 0.05) is 12.1 Å². The van der Waals surface area contributed by atoms with Gasteiger partial charge in [-0.2, -0.15) is 0 Å². The maximum atomic E-state index is 5.86. The van der Waals surface area contributed by atoms with Gasteiger partial charge in [-0.25, -0.2) is 4.99 Å². The highest BCUT2D eigenvalue weighted by atomic mass is 16.7. The molecule has 0 spiro atoms. The van der Waals surface area contributed by atoms with Crippen LogP contribution in [0, 0.1) is 5.92 Å². The molecule has 102 valence electrons. The Morgan fingerprint density at radius 1 is 1.37 bits per heavy atom. The summed E-state index contributed by atoms with van der Waals surface area (Å²) >= 11 is 0. The van der Waals surface area contributed by atoms with Gasteiger partial charge in [0.25, 0.3) is 0 Å². The lowest BCUT2D eigenvalue weighted by atomic mass is 9.85. The summed E-state index contributed by atoms with van der Waals surface area (Å²) in [5.41, 5.74) is 6.86. The predicted molar refractivity (Wildman–Crippen MR) is 73.2 cm³/mol. The van der Waals surface area contributed by atoms with Crippen LogP contribution in [0.15, 0.2) is 23.2 Å². The molecule has 0 amide bonds. The average Bonchev–Trinajstić information content (AvgIpc) is 2.83. The molecule has 0 atom stereocenters. The van der Waals surface area contributed by atoms with Gasteiger partial charge in [0.1, 0.15) is 0 Å². The zero-order valence-electron chi connectivity index (χ0n) is 10.9. The van der Waals surface area contributed by atoms with E-state index in [4.69, 9.17) is 15.2 Å². The Labute approximate surface area is 112 Å². The Bertz CT molecular complexity index is 484. The van der Waals surface area contributed by atoms with Crippen LogP contribution in [0.2, 0.25) is 0 Å². The SMILES string of the molecule is NC(=NCc1cccc2c1OCO2)NCC1CCC1. The minimum atomic E-state index is 0.283. The standard InChI is InChI=1S/C14H19N3O2/c15-14(16-7-10-3-1-4-10)17-8-11-5-2-6-12-13(11)19-9-18-12/h2,5-6,10H,1,3-4,7-9H2,(H3,15,16,17). The fourth-order valence-corrected chi connectivity index (χ4v) is 2.29. The van der Waals surface area contributed by atoms with E-state index in [9.17, 15) is 0 Å². The molecule has 1 aliphatic heterocycles. The van der Waals surface area contributed by atoms with Crippen LogP contribution in [0.25, 0.3) is 0 Å². The first-order chi connectivity index (χ1) is 9.33. The van der Waals surface area contributed by atoms with E-state index in [1.807, 2.05) is 18.2 Å². The molecule has 0 bridgehead atoms. The van der Waals surface area contributed by atoms with Gasteiger partial charge in [0.15, 0.2) is 17.5 Å². The minimum Gasteiger partial charge on any atom is -0.454 e. The number of para-hydroxylation sites is 1. The Kier molecular flexibility index (Phi) is 3.44. The summed E-state index contributed by atoms with van der Waals surface area (Å²) in [5.74, 6) is 2.85. The van der Waals surface area contributed by atoms with Gasteiger partial charge in [-0.1, -0.05) is 18.6 Å². The number of hydrogen-bond donors (Lipinski definition) is 2. The van der Waals surface area contributed by atoms with Crippen molar-refractivity contribution in [2.24, 2.45) is 16.6 Å². The van der Waals surface area contributed by atoms with E-state index in [0.29, 0.717) is 12.5 Å². The average molecular weight is 261 g/mol. The molecule has 0 saturated heterocycles. The van der Waals surface area contributed by atoms with Crippen molar-refractivity contribution < 1.29 is 9.47 Å². The van der Waals surface area contributed by atoms with Crippen LogP contribution in [0.3, 0.4) is 0 Å². The quantitative estimate of drug-likeness (QED) is 0.638. The van der Waals surface area contributed by atoms with E-state index in [2.05, 4.69) is 10.3 Å². The first-order valence-electron chi connectivity index (χ1n) is 6.74. The first-order valence-corrected chi connectivity index (χ1v) is 6.74. The molecule has 5 nitrogen and oxygen atoms in total. The highest BCUT2D eigenvalue weighted by Crippen LogP contribution is 2.35. The van der Waals surface area contributed by atoms with Crippen LogP contribution in [0.5, 0.6) is 11.5 Å². The van der Waals surface area contributed by atoms with Crippen molar-refractivity contribution in [3.63, 3.8) is 0 Å². The molecule has 2 aliphatic rings. The number of benzene rings is 1. The second-order valence-corrected chi connectivity index (χ2v) is 5.03. The topological polar surface area (TPSA) is 68.9 Å². The zero-order valence-corrected chi connectivity index (χ0v) is 10.9. The van der Waals surface area contributed by atoms with E-state index >= 15 is 0 Å². The maximum absolute atomic E-state index is 5.86. The monoisotopic (exact) mass is 261 g/mol. The molecular formula is C14H19N3O2. The molecule has 1 aromatic carbocycles. The lowest BCUT2D eigenvalue weighted by Crippen LogP contribution is -2.37. The molecule has 0 aromatic heterocycles. The van der Waals surface area contributed by atoms with Crippen molar-refractivity contribution >= 4 is 5.96 Å². The molecule has 19 heavy (non-hydrogen) atoms. The van der Waals surface area contributed by atoms with Crippen molar-refractivity contribution in [1.29, 1.82) is 0 Å². The Balaban J connectivity index is 1.57. The highest BCUT2D eigenvalue weighted by molar-refractivity contribution is 5.77. The number of rotatable bonds is 4. The third kappa shape index (κ3) is 2.75.